The van der Waals surface area contributed by atoms with Crippen molar-refractivity contribution in [3.05, 3.63) is 26.4 Å². The van der Waals surface area contributed by atoms with Gasteiger partial charge in [0.2, 0.25) is 0 Å². The minimum absolute atomic E-state index is 0.262. The maximum atomic E-state index is 3.76. The quantitative estimate of drug-likeness (QED) is 0.272. The Bertz CT molecular complexity index is 799. The van der Waals surface area contributed by atoms with Crippen molar-refractivity contribution >= 4 is 53.7 Å². The molecular formula is C25H38BrNS2. The minimum Gasteiger partial charge on any atom is -0.383 e. The van der Waals surface area contributed by atoms with E-state index in [0.29, 0.717) is 0 Å². The highest BCUT2D eigenvalue weighted by Gasteiger charge is 2.27. The van der Waals surface area contributed by atoms with Crippen molar-refractivity contribution in [1.82, 2.24) is 5.32 Å². The minimum atomic E-state index is 0.262. The summed E-state index contributed by atoms with van der Waals surface area (Å²) < 4.78 is 4.22. The Morgan fingerprint density at radius 3 is 2.14 bits per heavy atom. The van der Waals surface area contributed by atoms with Crippen molar-refractivity contribution in [1.29, 1.82) is 0 Å². The van der Waals surface area contributed by atoms with E-state index in [1.807, 2.05) is 22.7 Å². The Balaban J connectivity index is 1.47. The third kappa shape index (κ3) is 6.58. The molecule has 3 heterocycles. The van der Waals surface area contributed by atoms with Gasteiger partial charge in [0.05, 0.1) is 14.3 Å². The second-order valence-corrected chi connectivity index (χ2v) is 12.1. The van der Waals surface area contributed by atoms with E-state index in [1.165, 1.54) is 101 Å². The summed E-state index contributed by atoms with van der Waals surface area (Å²) in [5, 5.41) is 5.94. The second kappa shape index (κ2) is 11.3. The van der Waals surface area contributed by atoms with Crippen LogP contribution in [-0.4, -0.2) is 6.54 Å². The summed E-state index contributed by atoms with van der Waals surface area (Å²) in [6.45, 7) is 7.99. The third-order valence-corrected chi connectivity index (χ3v) is 9.66. The van der Waals surface area contributed by atoms with Crippen LogP contribution in [0.5, 0.6) is 0 Å². The van der Waals surface area contributed by atoms with E-state index in [-0.39, 0.29) is 5.41 Å². The van der Waals surface area contributed by atoms with Gasteiger partial charge < -0.3 is 5.32 Å². The molecule has 1 aliphatic rings. The first-order valence-electron chi connectivity index (χ1n) is 11.7. The van der Waals surface area contributed by atoms with E-state index in [1.54, 1.807) is 5.56 Å². The van der Waals surface area contributed by atoms with Crippen LogP contribution >= 0.6 is 38.6 Å². The van der Waals surface area contributed by atoms with Crippen LogP contribution in [0, 0.1) is 5.41 Å². The fraction of sp³-hybridized carbons (Fsp3) is 0.680. The van der Waals surface area contributed by atoms with Crippen LogP contribution in [0.2, 0.25) is 0 Å². The molecule has 0 radical (unpaired) electrons. The predicted molar refractivity (Wildman–Crippen MR) is 137 cm³/mol. The molecule has 0 amide bonds. The van der Waals surface area contributed by atoms with Gasteiger partial charge in [0, 0.05) is 27.5 Å². The standard InChI is InChI=1S/C25H38BrNS2/c1-4-5-6-7-8-9-10-11-12-13-14-15-19-22(21-16-25(2,3)18-27-21)29-24-20(26)17-28-23(19)24/h16-17,27H,4-15,18H2,1-3H3. The zero-order valence-corrected chi connectivity index (χ0v) is 21.8. The maximum Gasteiger partial charge on any atom is 0.0602 e. The zero-order chi connectivity index (χ0) is 20.7. The van der Waals surface area contributed by atoms with Gasteiger partial charge in [-0.3, -0.25) is 0 Å². The average Bonchev–Trinajstić information content (AvgIpc) is 3.34. The fourth-order valence-corrected chi connectivity index (χ4v) is 7.58. The molecule has 0 saturated carbocycles. The molecule has 1 N–H and O–H groups in total. The Kier molecular flexibility index (Phi) is 9.13. The molecule has 0 bridgehead atoms. The summed E-state index contributed by atoms with van der Waals surface area (Å²) in [4.78, 5) is 1.49. The first-order chi connectivity index (χ1) is 14.0. The molecule has 4 heteroatoms. The first kappa shape index (κ1) is 23.3. The molecular weight excluding hydrogens is 458 g/mol. The van der Waals surface area contributed by atoms with Gasteiger partial charge in [-0.15, -0.1) is 22.7 Å². The molecule has 162 valence electrons. The normalized spacial score (nSPS) is 15.8. The molecule has 2 aromatic rings. The zero-order valence-electron chi connectivity index (χ0n) is 18.5. The van der Waals surface area contributed by atoms with Gasteiger partial charge in [0.25, 0.3) is 0 Å². The molecule has 0 aromatic carbocycles. The molecule has 2 aromatic heterocycles. The van der Waals surface area contributed by atoms with Gasteiger partial charge in [-0.25, -0.2) is 0 Å². The Labute approximate surface area is 194 Å². The summed E-state index contributed by atoms with van der Waals surface area (Å²) in [5.41, 5.74) is 3.22. The van der Waals surface area contributed by atoms with Gasteiger partial charge in [-0.2, -0.15) is 0 Å². The average molecular weight is 497 g/mol. The van der Waals surface area contributed by atoms with Crippen LogP contribution in [0.1, 0.15) is 102 Å². The van der Waals surface area contributed by atoms with Crippen molar-refractivity contribution in [3.8, 4) is 0 Å². The van der Waals surface area contributed by atoms with Crippen LogP contribution in [0.25, 0.3) is 15.1 Å². The number of fused-ring (bicyclic) bond motifs is 1. The Hall–Kier alpha value is -0.320. The second-order valence-electron chi connectivity index (χ2n) is 9.34. The van der Waals surface area contributed by atoms with E-state index < -0.39 is 0 Å². The monoisotopic (exact) mass is 495 g/mol. The molecule has 29 heavy (non-hydrogen) atoms. The van der Waals surface area contributed by atoms with Gasteiger partial charge in [0.1, 0.15) is 0 Å². The number of rotatable bonds is 13. The SMILES string of the molecule is CCCCCCCCCCCCCc1c(C2=CC(C)(C)CN2)sc2c(Br)csc12. The molecule has 0 spiro atoms. The van der Waals surface area contributed by atoms with Gasteiger partial charge in [-0.05, 0) is 34.3 Å². The molecule has 1 aliphatic heterocycles. The lowest BCUT2D eigenvalue weighted by atomic mass is 9.95. The van der Waals surface area contributed by atoms with Gasteiger partial charge in [-0.1, -0.05) is 91.1 Å². The fourth-order valence-electron chi connectivity index (χ4n) is 4.27. The maximum absolute atomic E-state index is 3.76. The third-order valence-electron chi connectivity index (χ3n) is 6.00. The number of hydrogen-bond donors (Lipinski definition) is 1. The van der Waals surface area contributed by atoms with Crippen LogP contribution in [-0.2, 0) is 6.42 Å². The van der Waals surface area contributed by atoms with Crippen LogP contribution < -0.4 is 5.32 Å². The first-order valence-corrected chi connectivity index (χ1v) is 14.2. The lowest BCUT2D eigenvalue weighted by molar-refractivity contribution is 0.497. The van der Waals surface area contributed by atoms with E-state index in [4.69, 9.17) is 0 Å². The van der Waals surface area contributed by atoms with E-state index in [9.17, 15) is 0 Å². The van der Waals surface area contributed by atoms with Gasteiger partial charge in [0.15, 0.2) is 0 Å². The predicted octanol–water partition coefficient (Wildman–Crippen LogP) is 9.55. The van der Waals surface area contributed by atoms with E-state index in [2.05, 4.69) is 53.5 Å². The van der Waals surface area contributed by atoms with Crippen molar-refractivity contribution in [3.63, 3.8) is 0 Å². The summed E-state index contributed by atoms with van der Waals surface area (Å²) in [5.74, 6) is 0. The summed E-state index contributed by atoms with van der Waals surface area (Å²) >= 11 is 7.65. The number of nitrogens with one attached hydrogen (secondary N) is 1. The molecule has 0 atom stereocenters. The largest absolute Gasteiger partial charge is 0.383 e. The topological polar surface area (TPSA) is 12.0 Å². The highest BCUT2D eigenvalue weighted by molar-refractivity contribution is 9.10. The number of aryl methyl sites for hydroxylation is 1. The lowest BCUT2D eigenvalue weighted by Crippen LogP contribution is -2.17. The van der Waals surface area contributed by atoms with Crippen LogP contribution in [0.3, 0.4) is 0 Å². The van der Waals surface area contributed by atoms with Crippen molar-refractivity contribution in [2.45, 2.75) is 97.8 Å². The molecule has 0 unspecified atom stereocenters. The van der Waals surface area contributed by atoms with Gasteiger partial charge >= 0.3 is 0 Å². The molecule has 1 nitrogen and oxygen atoms in total. The van der Waals surface area contributed by atoms with Crippen molar-refractivity contribution in [2.24, 2.45) is 5.41 Å². The molecule has 0 fully saturated rings. The highest BCUT2D eigenvalue weighted by atomic mass is 79.9. The number of hydrogen-bond acceptors (Lipinski definition) is 3. The Morgan fingerprint density at radius 1 is 0.931 bits per heavy atom. The van der Waals surface area contributed by atoms with E-state index in [0.717, 1.165) is 6.54 Å². The lowest BCUT2D eigenvalue weighted by Gasteiger charge is -2.11. The molecule has 0 saturated heterocycles. The summed E-state index contributed by atoms with van der Waals surface area (Å²) in [6, 6.07) is 0. The highest BCUT2D eigenvalue weighted by Crippen LogP contribution is 2.45. The number of thiophene rings is 2. The summed E-state index contributed by atoms with van der Waals surface area (Å²) in [7, 11) is 0. The van der Waals surface area contributed by atoms with Crippen molar-refractivity contribution < 1.29 is 0 Å². The van der Waals surface area contributed by atoms with Crippen LogP contribution in [0.15, 0.2) is 15.9 Å². The Morgan fingerprint density at radius 2 is 1.55 bits per heavy atom. The van der Waals surface area contributed by atoms with E-state index >= 15 is 0 Å². The summed E-state index contributed by atoms with van der Waals surface area (Å²) in [6.07, 6.45) is 19.2. The smallest absolute Gasteiger partial charge is 0.0602 e. The van der Waals surface area contributed by atoms with Crippen LogP contribution in [0.4, 0.5) is 0 Å². The number of halogens is 1. The molecule has 0 aliphatic carbocycles. The number of unbranched alkanes of at least 4 members (excludes halogenated alkanes) is 10. The van der Waals surface area contributed by atoms with Crippen molar-refractivity contribution in [2.75, 3.05) is 6.54 Å². The molecule has 3 rings (SSSR count).